The summed E-state index contributed by atoms with van der Waals surface area (Å²) in [6, 6.07) is 26.7. The predicted octanol–water partition coefficient (Wildman–Crippen LogP) is 4.57. The summed E-state index contributed by atoms with van der Waals surface area (Å²) in [5.41, 5.74) is 1.84. The molecule has 0 spiro atoms. The van der Waals surface area contributed by atoms with E-state index < -0.39 is 17.5 Å². The van der Waals surface area contributed by atoms with Crippen molar-refractivity contribution in [2.75, 3.05) is 14.2 Å². The zero-order chi connectivity index (χ0) is 22.4. The Morgan fingerprint density at radius 1 is 0.969 bits per heavy atom. The lowest BCUT2D eigenvalue weighted by atomic mass is 9.78. The first-order valence-corrected chi connectivity index (χ1v) is 10.3. The summed E-state index contributed by atoms with van der Waals surface area (Å²) in [5.74, 6) is 6.10. The van der Waals surface area contributed by atoms with Crippen molar-refractivity contribution < 1.29 is 19.1 Å². The number of esters is 1. The number of carbonyl (C=O) groups excluding carboxylic acids is 1. The van der Waals surface area contributed by atoms with Crippen molar-refractivity contribution in [2.24, 2.45) is 5.16 Å². The number of ether oxygens (including phenoxy) is 2. The largest absolute Gasteiger partial charge is 0.497 e. The Morgan fingerprint density at radius 2 is 1.62 bits per heavy atom. The van der Waals surface area contributed by atoms with Gasteiger partial charge in [-0.3, -0.25) is 0 Å². The Labute approximate surface area is 187 Å². The first-order chi connectivity index (χ1) is 15.7. The Hall–Kier alpha value is -4.04. The third kappa shape index (κ3) is 4.21. The fraction of sp³-hybridized carbons (Fsp3) is 0.185. The summed E-state index contributed by atoms with van der Waals surface area (Å²) in [6.07, 6.45) is 0.251. The lowest BCUT2D eigenvalue weighted by Gasteiger charge is -2.29. The molecule has 4 rings (SSSR count). The van der Waals surface area contributed by atoms with E-state index in [4.69, 9.17) is 14.3 Å². The van der Waals surface area contributed by atoms with Crippen molar-refractivity contribution in [1.29, 1.82) is 0 Å². The second-order valence-corrected chi connectivity index (χ2v) is 7.39. The molecule has 160 valence electrons. The lowest BCUT2D eigenvalue weighted by Crippen LogP contribution is -2.45. The first-order valence-electron chi connectivity index (χ1n) is 10.3. The van der Waals surface area contributed by atoms with Crippen molar-refractivity contribution in [3.8, 4) is 17.6 Å². The molecule has 3 aromatic carbocycles. The average Bonchev–Trinajstić information content (AvgIpc) is 3.31. The van der Waals surface area contributed by atoms with Crippen LogP contribution >= 0.6 is 0 Å². The molecule has 32 heavy (non-hydrogen) atoms. The molecule has 0 saturated carbocycles. The van der Waals surface area contributed by atoms with Crippen molar-refractivity contribution >= 4 is 11.7 Å². The molecule has 0 amide bonds. The summed E-state index contributed by atoms with van der Waals surface area (Å²) < 4.78 is 10.4. The first kappa shape index (κ1) is 21.2. The van der Waals surface area contributed by atoms with Gasteiger partial charge in [-0.25, -0.2) is 4.79 Å². The van der Waals surface area contributed by atoms with Crippen LogP contribution in [0.15, 0.2) is 90.1 Å². The molecule has 0 aromatic heterocycles. The van der Waals surface area contributed by atoms with Crippen molar-refractivity contribution in [1.82, 2.24) is 0 Å². The standard InChI is InChI=1S/C27H23NO4/c1-30-23-16-13-20(14-17-23)15-18-24(21-9-5-3-6-10-21)27(26(29)31-2)19-25(28-32-27)22-11-7-4-8-12-22/h3-14,16-17,24H,19H2,1-2H3/t24-,27-/m0/s1. The molecule has 5 nitrogen and oxygen atoms in total. The van der Waals surface area contributed by atoms with Crippen LogP contribution < -0.4 is 4.74 Å². The Bertz CT molecular complexity index is 1160. The number of carbonyl (C=O) groups is 1. The zero-order valence-corrected chi connectivity index (χ0v) is 17.9. The average molecular weight is 425 g/mol. The summed E-state index contributed by atoms with van der Waals surface area (Å²) in [4.78, 5) is 19.0. The van der Waals surface area contributed by atoms with Gasteiger partial charge < -0.3 is 14.3 Å². The molecule has 1 heterocycles. The van der Waals surface area contributed by atoms with Gasteiger partial charge in [-0.2, -0.15) is 0 Å². The van der Waals surface area contributed by atoms with Gasteiger partial charge in [-0.1, -0.05) is 77.7 Å². The van der Waals surface area contributed by atoms with Crippen LogP contribution in [0.2, 0.25) is 0 Å². The topological polar surface area (TPSA) is 57.1 Å². The Kier molecular flexibility index (Phi) is 6.23. The molecule has 0 radical (unpaired) electrons. The maximum absolute atomic E-state index is 13.1. The van der Waals surface area contributed by atoms with Gasteiger partial charge in [0.1, 0.15) is 5.75 Å². The van der Waals surface area contributed by atoms with Gasteiger partial charge in [-0.05, 0) is 35.4 Å². The van der Waals surface area contributed by atoms with Crippen LogP contribution in [0.1, 0.15) is 29.0 Å². The number of rotatable bonds is 5. The minimum Gasteiger partial charge on any atom is -0.497 e. The molecule has 0 bridgehead atoms. The van der Waals surface area contributed by atoms with Crippen LogP contribution in [0, 0.1) is 11.8 Å². The van der Waals surface area contributed by atoms with Crippen molar-refractivity contribution in [3.63, 3.8) is 0 Å². The molecule has 0 unspecified atom stereocenters. The second-order valence-electron chi connectivity index (χ2n) is 7.39. The fourth-order valence-electron chi connectivity index (χ4n) is 3.73. The number of hydrogen-bond donors (Lipinski definition) is 0. The second kappa shape index (κ2) is 9.40. The van der Waals surface area contributed by atoms with Crippen LogP contribution in [0.4, 0.5) is 0 Å². The minimum absolute atomic E-state index is 0.251. The van der Waals surface area contributed by atoms with E-state index in [2.05, 4.69) is 17.0 Å². The highest BCUT2D eigenvalue weighted by atomic mass is 16.7. The molecular weight excluding hydrogens is 402 g/mol. The van der Waals surface area contributed by atoms with Crippen LogP contribution in [0.25, 0.3) is 0 Å². The van der Waals surface area contributed by atoms with E-state index in [0.29, 0.717) is 5.71 Å². The number of nitrogens with zero attached hydrogens (tertiary/aromatic N) is 1. The van der Waals surface area contributed by atoms with E-state index in [1.165, 1.54) is 7.11 Å². The zero-order valence-electron chi connectivity index (χ0n) is 17.9. The molecule has 0 saturated heterocycles. The molecule has 0 N–H and O–H groups in total. The normalized spacial score (nSPS) is 17.9. The number of hydrogen-bond acceptors (Lipinski definition) is 5. The van der Waals surface area contributed by atoms with E-state index in [0.717, 1.165) is 22.4 Å². The van der Waals surface area contributed by atoms with Crippen LogP contribution in [-0.2, 0) is 14.4 Å². The lowest BCUT2D eigenvalue weighted by molar-refractivity contribution is -0.167. The van der Waals surface area contributed by atoms with Gasteiger partial charge in [0, 0.05) is 12.0 Å². The molecule has 1 aliphatic heterocycles. The fourth-order valence-corrected chi connectivity index (χ4v) is 3.73. The SMILES string of the molecule is COC(=O)[C@@]1([C@@H](C#Cc2ccc(OC)cc2)c2ccccc2)CC(c2ccccc2)=NO1. The third-order valence-corrected chi connectivity index (χ3v) is 5.44. The van der Waals surface area contributed by atoms with Gasteiger partial charge in [0.25, 0.3) is 5.60 Å². The van der Waals surface area contributed by atoms with E-state index >= 15 is 0 Å². The predicted molar refractivity (Wildman–Crippen MR) is 122 cm³/mol. The smallest absolute Gasteiger partial charge is 0.355 e. The summed E-state index contributed by atoms with van der Waals surface area (Å²) >= 11 is 0. The van der Waals surface area contributed by atoms with E-state index in [1.54, 1.807) is 7.11 Å². The number of oxime groups is 1. The van der Waals surface area contributed by atoms with E-state index in [9.17, 15) is 4.79 Å². The molecule has 3 aromatic rings. The molecule has 0 aliphatic carbocycles. The molecular formula is C27H23NO4. The molecule has 5 heteroatoms. The highest BCUT2D eigenvalue weighted by Gasteiger charge is 2.54. The number of methoxy groups -OCH3 is 2. The van der Waals surface area contributed by atoms with Gasteiger partial charge in [0.15, 0.2) is 0 Å². The summed E-state index contributed by atoms with van der Waals surface area (Å²) in [5, 5.41) is 4.28. The minimum atomic E-state index is -1.39. The van der Waals surface area contributed by atoms with E-state index in [1.807, 2.05) is 84.9 Å². The maximum atomic E-state index is 13.1. The third-order valence-electron chi connectivity index (χ3n) is 5.44. The highest BCUT2D eigenvalue weighted by molar-refractivity contribution is 6.05. The summed E-state index contributed by atoms with van der Waals surface area (Å²) in [6.45, 7) is 0. The molecule has 1 aliphatic rings. The quantitative estimate of drug-likeness (QED) is 0.444. The van der Waals surface area contributed by atoms with Crippen molar-refractivity contribution in [2.45, 2.75) is 17.9 Å². The summed E-state index contributed by atoms with van der Waals surface area (Å²) in [7, 11) is 2.97. The van der Waals surface area contributed by atoms with Crippen LogP contribution in [0.3, 0.4) is 0 Å². The van der Waals surface area contributed by atoms with Gasteiger partial charge in [0.05, 0.1) is 25.8 Å². The van der Waals surface area contributed by atoms with E-state index in [-0.39, 0.29) is 6.42 Å². The van der Waals surface area contributed by atoms with Crippen molar-refractivity contribution in [3.05, 3.63) is 102 Å². The highest BCUT2D eigenvalue weighted by Crippen LogP contribution is 2.40. The van der Waals surface area contributed by atoms with Crippen LogP contribution in [0.5, 0.6) is 5.75 Å². The Balaban J connectivity index is 1.76. The molecule has 2 atom stereocenters. The Morgan fingerprint density at radius 3 is 2.25 bits per heavy atom. The van der Waals surface area contributed by atoms with Gasteiger partial charge >= 0.3 is 5.97 Å². The molecule has 0 fully saturated rings. The monoisotopic (exact) mass is 425 g/mol. The van der Waals surface area contributed by atoms with Gasteiger partial charge in [0.2, 0.25) is 0 Å². The number of benzene rings is 3. The van der Waals surface area contributed by atoms with Gasteiger partial charge in [-0.15, -0.1) is 0 Å². The maximum Gasteiger partial charge on any atom is 0.355 e. The van der Waals surface area contributed by atoms with Crippen LogP contribution in [-0.4, -0.2) is 31.5 Å².